The van der Waals surface area contributed by atoms with Crippen LogP contribution in [0.5, 0.6) is 11.5 Å². The number of H-pyrrole nitrogens is 1. The summed E-state index contributed by atoms with van der Waals surface area (Å²) in [5, 5.41) is 10.8. The van der Waals surface area contributed by atoms with Gasteiger partial charge in [-0.2, -0.15) is 0 Å². The highest BCUT2D eigenvalue weighted by molar-refractivity contribution is 5.95. The molecule has 0 radical (unpaired) electrons. The van der Waals surface area contributed by atoms with Crippen LogP contribution in [0.2, 0.25) is 0 Å². The molecule has 0 aliphatic rings. The molecular formula is C26H26F3N5O2. The van der Waals surface area contributed by atoms with E-state index in [0.29, 0.717) is 23.6 Å². The molecule has 0 aliphatic carbocycles. The van der Waals surface area contributed by atoms with Gasteiger partial charge in [0.15, 0.2) is 23.2 Å². The number of aromatic amines is 1. The molecule has 1 heterocycles. The number of benzene rings is 3. The molecule has 0 spiro atoms. The molecule has 0 saturated carbocycles. The number of nitrogens with one attached hydrogen (secondary N) is 3. The highest BCUT2D eigenvalue weighted by Crippen LogP contribution is 2.36. The van der Waals surface area contributed by atoms with Gasteiger partial charge < -0.3 is 25.5 Å². The highest BCUT2D eigenvalue weighted by Gasteiger charge is 2.26. The number of nitrogen functional groups attached to an aromatic ring is 1. The first-order valence-corrected chi connectivity index (χ1v) is 11.3. The second-order valence-corrected chi connectivity index (χ2v) is 8.40. The summed E-state index contributed by atoms with van der Waals surface area (Å²) in [5.74, 6) is -2.20. The zero-order chi connectivity index (χ0) is 26.0. The Labute approximate surface area is 206 Å². The molecule has 5 N–H and O–H groups in total. The van der Waals surface area contributed by atoms with Gasteiger partial charge >= 0.3 is 0 Å². The van der Waals surface area contributed by atoms with Crippen molar-refractivity contribution in [2.75, 3.05) is 11.9 Å². The van der Waals surface area contributed by atoms with E-state index in [9.17, 15) is 8.78 Å². The standard InChI is InChI=1S/C26H26F3N5O2/c1-4-35-16-9-17(23(29)22(10-16)36-13(2)3)24(32-15-7-5-14(6-8-15)25(30)31)26-33-20-11-18(27)19(28)12-21(20)34-26/h5-13,24,32H,4H2,1-3H3,(H3,30,31)(H,33,34). The summed E-state index contributed by atoms with van der Waals surface area (Å²) in [6, 6.07) is 10.7. The predicted octanol–water partition coefficient (Wildman–Crippen LogP) is 5.65. The molecule has 7 nitrogen and oxygen atoms in total. The van der Waals surface area contributed by atoms with Crippen LogP contribution in [-0.2, 0) is 0 Å². The topological polar surface area (TPSA) is 109 Å². The normalized spacial score (nSPS) is 12.1. The number of ether oxygens (including phenoxy) is 2. The number of nitrogens with two attached hydrogens (primary N) is 1. The van der Waals surface area contributed by atoms with Crippen molar-refractivity contribution in [3.63, 3.8) is 0 Å². The van der Waals surface area contributed by atoms with E-state index in [1.165, 1.54) is 12.1 Å². The fourth-order valence-corrected chi connectivity index (χ4v) is 3.76. The lowest BCUT2D eigenvalue weighted by Crippen LogP contribution is -2.18. The number of anilines is 1. The molecule has 0 amide bonds. The van der Waals surface area contributed by atoms with Gasteiger partial charge in [0.1, 0.15) is 23.5 Å². The van der Waals surface area contributed by atoms with E-state index in [4.69, 9.17) is 20.6 Å². The van der Waals surface area contributed by atoms with E-state index in [0.717, 1.165) is 12.1 Å². The van der Waals surface area contributed by atoms with Crippen molar-refractivity contribution in [2.24, 2.45) is 5.73 Å². The molecule has 3 aromatic carbocycles. The van der Waals surface area contributed by atoms with Crippen LogP contribution in [0.15, 0.2) is 48.5 Å². The molecule has 0 aliphatic heterocycles. The molecule has 1 aromatic heterocycles. The summed E-state index contributed by atoms with van der Waals surface area (Å²) in [4.78, 5) is 7.38. The maximum absolute atomic E-state index is 15.8. The molecule has 4 aromatic rings. The summed E-state index contributed by atoms with van der Waals surface area (Å²) >= 11 is 0. The molecule has 36 heavy (non-hydrogen) atoms. The zero-order valence-corrected chi connectivity index (χ0v) is 20.0. The number of imidazole rings is 1. The zero-order valence-electron chi connectivity index (χ0n) is 20.0. The minimum Gasteiger partial charge on any atom is -0.494 e. The Hall–Kier alpha value is -4.21. The summed E-state index contributed by atoms with van der Waals surface area (Å²) in [5.41, 5.74) is 7.21. The lowest BCUT2D eigenvalue weighted by atomic mass is 10.0. The fourth-order valence-electron chi connectivity index (χ4n) is 3.76. The Bertz CT molecular complexity index is 1360. The third-order valence-electron chi connectivity index (χ3n) is 5.35. The number of nitrogens with zero attached hydrogens (tertiary/aromatic N) is 1. The Kier molecular flexibility index (Phi) is 7.05. The van der Waals surface area contributed by atoms with Crippen molar-refractivity contribution in [3.8, 4) is 11.5 Å². The van der Waals surface area contributed by atoms with Gasteiger partial charge in [0, 0.05) is 35.0 Å². The molecular weight excluding hydrogens is 471 g/mol. The maximum atomic E-state index is 15.8. The first-order chi connectivity index (χ1) is 17.2. The molecule has 1 atom stereocenters. The summed E-state index contributed by atoms with van der Waals surface area (Å²) in [7, 11) is 0. The van der Waals surface area contributed by atoms with Gasteiger partial charge in [-0.3, -0.25) is 5.41 Å². The first-order valence-electron chi connectivity index (χ1n) is 11.3. The van der Waals surface area contributed by atoms with Crippen LogP contribution >= 0.6 is 0 Å². The smallest absolute Gasteiger partial charge is 0.171 e. The van der Waals surface area contributed by atoms with Crippen LogP contribution in [0.4, 0.5) is 18.9 Å². The number of amidine groups is 1. The van der Waals surface area contributed by atoms with Crippen molar-refractivity contribution in [1.29, 1.82) is 5.41 Å². The first kappa shape index (κ1) is 24.9. The van der Waals surface area contributed by atoms with Gasteiger partial charge in [-0.25, -0.2) is 18.2 Å². The van der Waals surface area contributed by atoms with E-state index in [1.807, 2.05) is 0 Å². The van der Waals surface area contributed by atoms with E-state index in [1.54, 1.807) is 45.0 Å². The highest BCUT2D eigenvalue weighted by atomic mass is 19.2. The fraction of sp³-hybridized carbons (Fsp3) is 0.231. The summed E-state index contributed by atoms with van der Waals surface area (Å²) < 4.78 is 54.9. The lowest BCUT2D eigenvalue weighted by Gasteiger charge is -2.22. The predicted molar refractivity (Wildman–Crippen MR) is 132 cm³/mol. The van der Waals surface area contributed by atoms with E-state index >= 15 is 4.39 Å². The number of fused-ring (bicyclic) bond motifs is 1. The second kappa shape index (κ2) is 10.2. The van der Waals surface area contributed by atoms with Crippen molar-refractivity contribution in [3.05, 3.63) is 82.9 Å². The minimum absolute atomic E-state index is 0.00197. The molecule has 188 valence electrons. The molecule has 1 unspecified atom stereocenters. The summed E-state index contributed by atoms with van der Waals surface area (Å²) in [6.07, 6.45) is -0.299. The van der Waals surface area contributed by atoms with Crippen molar-refractivity contribution >= 4 is 22.6 Å². The minimum atomic E-state index is -1.04. The van der Waals surface area contributed by atoms with Crippen LogP contribution < -0.4 is 20.5 Å². The number of aromatic nitrogens is 2. The van der Waals surface area contributed by atoms with Gasteiger partial charge in [-0.1, -0.05) is 0 Å². The largest absolute Gasteiger partial charge is 0.494 e. The van der Waals surface area contributed by atoms with Gasteiger partial charge in [0.05, 0.1) is 23.7 Å². The average molecular weight is 498 g/mol. The Morgan fingerprint density at radius 1 is 1.08 bits per heavy atom. The van der Waals surface area contributed by atoms with Crippen LogP contribution in [0.1, 0.15) is 43.8 Å². The van der Waals surface area contributed by atoms with Crippen molar-refractivity contribution in [2.45, 2.75) is 32.9 Å². The third-order valence-corrected chi connectivity index (χ3v) is 5.35. The second-order valence-electron chi connectivity index (χ2n) is 8.40. The Morgan fingerprint density at radius 3 is 2.42 bits per heavy atom. The quantitative estimate of drug-likeness (QED) is 0.176. The molecule has 10 heteroatoms. The molecule has 4 rings (SSSR count). The third kappa shape index (κ3) is 5.22. The van der Waals surface area contributed by atoms with Gasteiger partial charge in [0.2, 0.25) is 0 Å². The van der Waals surface area contributed by atoms with Gasteiger partial charge in [-0.05, 0) is 51.1 Å². The Morgan fingerprint density at radius 2 is 1.78 bits per heavy atom. The van der Waals surface area contributed by atoms with Gasteiger partial charge in [-0.15, -0.1) is 0 Å². The SMILES string of the molecule is CCOc1cc(OC(C)C)c(F)c(C(Nc2ccc(C(=N)N)cc2)c2nc3cc(F)c(F)cc3[nH]2)c1. The molecule has 0 bridgehead atoms. The van der Waals surface area contributed by atoms with E-state index in [2.05, 4.69) is 15.3 Å². The number of hydrogen-bond acceptors (Lipinski definition) is 5. The monoisotopic (exact) mass is 497 g/mol. The Balaban J connectivity index is 1.87. The molecule has 0 saturated heterocycles. The summed E-state index contributed by atoms with van der Waals surface area (Å²) in [6.45, 7) is 5.71. The van der Waals surface area contributed by atoms with Crippen LogP contribution in [0.25, 0.3) is 11.0 Å². The van der Waals surface area contributed by atoms with Crippen LogP contribution in [-0.4, -0.2) is 28.5 Å². The number of rotatable bonds is 9. The van der Waals surface area contributed by atoms with E-state index in [-0.39, 0.29) is 40.1 Å². The van der Waals surface area contributed by atoms with Crippen LogP contribution in [0, 0.1) is 22.9 Å². The van der Waals surface area contributed by atoms with Crippen molar-refractivity contribution in [1.82, 2.24) is 9.97 Å². The van der Waals surface area contributed by atoms with Crippen LogP contribution in [0.3, 0.4) is 0 Å². The average Bonchev–Trinajstić information content (AvgIpc) is 3.22. The number of halogens is 3. The van der Waals surface area contributed by atoms with E-state index < -0.39 is 23.5 Å². The maximum Gasteiger partial charge on any atom is 0.171 e. The molecule has 0 fully saturated rings. The van der Waals surface area contributed by atoms with Gasteiger partial charge in [0.25, 0.3) is 0 Å². The van der Waals surface area contributed by atoms with Crippen molar-refractivity contribution < 1.29 is 22.6 Å². The number of hydrogen-bond donors (Lipinski definition) is 4. The lowest BCUT2D eigenvalue weighted by molar-refractivity contribution is 0.228.